The Hall–Kier alpha value is -0.570. The van der Waals surface area contributed by atoms with E-state index in [0.29, 0.717) is 12.3 Å². The first-order valence-corrected chi connectivity index (χ1v) is 4.63. The second-order valence-corrected chi connectivity index (χ2v) is 3.50. The minimum atomic E-state index is -0.689. The standard InChI is InChI=1S/C9H16NO2/c11-7-10-9(12)6-8-4-2-1-3-5-8/h8-9,12H,1-6H2,(H,10,11). The van der Waals surface area contributed by atoms with Crippen molar-refractivity contribution in [2.45, 2.75) is 44.8 Å². The molecule has 2 N–H and O–H groups in total. The Kier molecular flexibility index (Phi) is 4.08. The van der Waals surface area contributed by atoms with Crippen LogP contribution in [-0.2, 0) is 4.79 Å². The molecule has 1 aliphatic carbocycles. The van der Waals surface area contributed by atoms with Crippen molar-refractivity contribution >= 4 is 6.41 Å². The third-order valence-corrected chi connectivity index (χ3v) is 2.51. The van der Waals surface area contributed by atoms with Crippen molar-refractivity contribution in [1.82, 2.24) is 5.32 Å². The van der Waals surface area contributed by atoms with Gasteiger partial charge in [0.05, 0.1) is 0 Å². The van der Waals surface area contributed by atoms with Crippen LogP contribution in [0.5, 0.6) is 0 Å². The largest absolute Gasteiger partial charge is 0.374 e. The Bertz CT molecular complexity index is 132. The molecule has 0 saturated heterocycles. The van der Waals surface area contributed by atoms with E-state index in [-0.39, 0.29) is 0 Å². The molecule has 0 heterocycles. The van der Waals surface area contributed by atoms with E-state index in [1.54, 1.807) is 0 Å². The molecule has 1 saturated carbocycles. The van der Waals surface area contributed by atoms with Crippen LogP contribution in [0.25, 0.3) is 0 Å². The number of hydrogen-bond donors (Lipinski definition) is 2. The second kappa shape index (κ2) is 5.14. The summed E-state index contributed by atoms with van der Waals surface area (Å²) in [4.78, 5) is 9.86. The molecule has 1 amide bonds. The fraction of sp³-hybridized carbons (Fsp3) is 0.889. The average Bonchev–Trinajstić information content (AvgIpc) is 2.06. The molecular weight excluding hydrogens is 154 g/mol. The molecule has 69 valence electrons. The van der Waals surface area contributed by atoms with Crippen molar-refractivity contribution in [2.75, 3.05) is 0 Å². The van der Waals surface area contributed by atoms with Gasteiger partial charge in [0.25, 0.3) is 0 Å². The highest BCUT2D eigenvalue weighted by molar-refractivity contribution is 5.47. The Morgan fingerprint density at radius 1 is 1.42 bits per heavy atom. The van der Waals surface area contributed by atoms with Gasteiger partial charge in [0.15, 0.2) is 0 Å². The second-order valence-electron chi connectivity index (χ2n) is 3.50. The summed E-state index contributed by atoms with van der Waals surface area (Å²) in [5.74, 6) is 0.592. The molecular formula is C9H16NO2. The van der Waals surface area contributed by atoms with Crippen molar-refractivity contribution in [3.63, 3.8) is 0 Å². The maximum absolute atomic E-state index is 9.86. The molecule has 1 rings (SSSR count). The van der Waals surface area contributed by atoms with Crippen molar-refractivity contribution in [1.29, 1.82) is 0 Å². The van der Waals surface area contributed by atoms with E-state index in [2.05, 4.69) is 5.32 Å². The van der Waals surface area contributed by atoms with Gasteiger partial charge in [0.1, 0.15) is 6.23 Å². The highest BCUT2D eigenvalue weighted by Gasteiger charge is 2.16. The van der Waals surface area contributed by atoms with Gasteiger partial charge in [-0.1, -0.05) is 32.1 Å². The fourth-order valence-corrected chi connectivity index (χ4v) is 1.87. The Morgan fingerprint density at radius 2 is 2.08 bits per heavy atom. The number of nitrogens with one attached hydrogen (secondary N) is 1. The van der Waals surface area contributed by atoms with Gasteiger partial charge in [-0.15, -0.1) is 0 Å². The van der Waals surface area contributed by atoms with E-state index in [1.165, 1.54) is 38.5 Å². The fourth-order valence-electron chi connectivity index (χ4n) is 1.87. The Labute approximate surface area is 73.2 Å². The van der Waals surface area contributed by atoms with Crippen LogP contribution < -0.4 is 5.32 Å². The average molecular weight is 170 g/mol. The summed E-state index contributed by atoms with van der Waals surface area (Å²) < 4.78 is 0. The van der Waals surface area contributed by atoms with Gasteiger partial charge in [0.2, 0.25) is 0 Å². The van der Waals surface area contributed by atoms with Crippen LogP contribution in [0.1, 0.15) is 38.5 Å². The van der Waals surface area contributed by atoms with Crippen LogP contribution in [0.2, 0.25) is 0 Å². The van der Waals surface area contributed by atoms with E-state index in [4.69, 9.17) is 0 Å². The first-order valence-electron chi connectivity index (χ1n) is 4.63. The van der Waals surface area contributed by atoms with Gasteiger partial charge in [0, 0.05) is 0 Å². The third kappa shape index (κ3) is 3.22. The van der Waals surface area contributed by atoms with Gasteiger partial charge in [-0.25, -0.2) is 0 Å². The van der Waals surface area contributed by atoms with Crippen LogP contribution in [0.3, 0.4) is 0 Å². The molecule has 0 aromatic carbocycles. The summed E-state index contributed by atoms with van der Waals surface area (Å²) in [5.41, 5.74) is 0. The molecule has 3 nitrogen and oxygen atoms in total. The molecule has 1 fully saturated rings. The van der Waals surface area contributed by atoms with E-state index in [9.17, 15) is 9.90 Å². The number of amides is 1. The molecule has 0 aromatic rings. The number of hydrogen-bond acceptors (Lipinski definition) is 2. The van der Waals surface area contributed by atoms with Gasteiger partial charge in [-0.3, -0.25) is 4.79 Å². The smallest absolute Gasteiger partial charge is 0.311 e. The van der Waals surface area contributed by atoms with Crippen molar-refractivity contribution < 1.29 is 9.90 Å². The topological polar surface area (TPSA) is 49.3 Å². The highest BCUT2D eigenvalue weighted by Crippen LogP contribution is 2.26. The van der Waals surface area contributed by atoms with E-state index in [0.717, 1.165) is 0 Å². The van der Waals surface area contributed by atoms with Gasteiger partial charge >= 0.3 is 6.41 Å². The predicted octanol–water partition coefficient (Wildman–Crippen LogP) is 0.932. The van der Waals surface area contributed by atoms with E-state index >= 15 is 0 Å². The van der Waals surface area contributed by atoms with Crippen molar-refractivity contribution in [3.8, 4) is 0 Å². The normalized spacial score (nSPS) is 21.8. The van der Waals surface area contributed by atoms with Crippen LogP contribution in [-0.4, -0.2) is 17.7 Å². The van der Waals surface area contributed by atoms with Crippen LogP contribution in [0, 0.1) is 5.92 Å². The minimum absolute atomic E-state index is 0.592. The lowest BCUT2D eigenvalue weighted by Gasteiger charge is -2.23. The first-order chi connectivity index (χ1) is 5.83. The van der Waals surface area contributed by atoms with E-state index < -0.39 is 6.23 Å². The lowest BCUT2D eigenvalue weighted by molar-refractivity contribution is 0.116. The summed E-state index contributed by atoms with van der Waals surface area (Å²) in [7, 11) is 0. The molecule has 1 atom stereocenters. The zero-order chi connectivity index (χ0) is 8.81. The monoisotopic (exact) mass is 170 g/mol. The first kappa shape index (κ1) is 9.52. The third-order valence-electron chi connectivity index (χ3n) is 2.51. The summed E-state index contributed by atoms with van der Waals surface area (Å²) in [6, 6.07) is 0. The molecule has 0 aliphatic heterocycles. The molecule has 0 spiro atoms. The molecule has 1 aliphatic rings. The zero-order valence-corrected chi connectivity index (χ0v) is 7.25. The van der Waals surface area contributed by atoms with Crippen LogP contribution in [0.4, 0.5) is 0 Å². The van der Waals surface area contributed by atoms with Crippen LogP contribution in [0.15, 0.2) is 0 Å². The quantitative estimate of drug-likeness (QED) is 0.487. The molecule has 3 heteroatoms. The minimum Gasteiger partial charge on any atom is -0.374 e. The lowest BCUT2D eigenvalue weighted by Crippen LogP contribution is -2.30. The summed E-state index contributed by atoms with van der Waals surface area (Å²) in [6.45, 7) is 0. The SMILES string of the molecule is O=[C]NC(O)CC1CCCCC1. The van der Waals surface area contributed by atoms with Gasteiger partial charge in [-0.05, 0) is 12.3 Å². The van der Waals surface area contributed by atoms with Crippen molar-refractivity contribution in [3.05, 3.63) is 0 Å². The Morgan fingerprint density at radius 3 is 2.67 bits per heavy atom. The number of aliphatic hydroxyl groups is 1. The molecule has 1 radical (unpaired) electrons. The molecule has 0 aromatic heterocycles. The van der Waals surface area contributed by atoms with Crippen molar-refractivity contribution in [2.24, 2.45) is 5.92 Å². The molecule has 1 unspecified atom stereocenters. The number of aliphatic hydroxyl groups excluding tert-OH is 1. The maximum atomic E-state index is 9.86. The van der Waals surface area contributed by atoms with E-state index in [1.807, 2.05) is 0 Å². The highest BCUT2D eigenvalue weighted by atomic mass is 16.3. The lowest BCUT2D eigenvalue weighted by atomic mass is 9.86. The van der Waals surface area contributed by atoms with Crippen LogP contribution >= 0.6 is 0 Å². The van der Waals surface area contributed by atoms with Gasteiger partial charge < -0.3 is 10.4 Å². The molecule has 12 heavy (non-hydrogen) atoms. The maximum Gasteiger partial charge on any atom is 0.311 e. The summed E-state index contributed by atoms with van der Waals surface area (Å²) >= 11 is 0. The number of carbonyl (C=O) groups excluding carboxylic acids is 1. The zero-order valence-electron chi connectivity index (χ0n) is 7.25. The summed E-state index contributed by atoms with van der Waals surface area (Å²) in [6.07, 6.45) is 7.74. The predicted molar refractivity (Wildman–Crippen MR) is 46.0 cm³/mol. The Balaban J connectivity index is 2.15. The number of rotatable bonds is 4. The summed E-state index contributed by atoms with van der Waals surface area (Å²) in [5, 5.41) is 11.5. The molecule has 0 bridgehead atoms. The van der Waals surface area contributed by atoms with Gasteiger partial charge in [-0.2, -0.15) is 0 Å².